The highest BCUT2D eigenvalue weighted by atomic mass is 79.9. The van der Waals surface area contributed by atoms with E-state index >= 15 is 0 Å². The Morgan fingerprint density at radius 3 is 2.46 bits per heavy atom. The SMILES string of the molecule is Br.COc1ccc(Cc2nnc3n2N=C(c2ccc(C)cc2)CS3)cc1. The highest BCUT2D eigenvalue weighted by molar-refractivity contribution is 8.93. The summed E-state index contributed by atoms with van der Waals surface area (Å²) in [6.45, 7) is 2.09. The van der Waals surface area contributed by atoms with Crippen LogP contribution in [-0.2, 0) is 6.42 Å². The second-order valence-electron chi connectivity index (χ2n) is 5.94. The number of aryl methyl sites for hydroxylation is 1. The number of aromatic nitrogens is 3. The Labute approximate surface area is 167 Å². The molecule has 0 N–H and O–H groups in total. The molecular formula is C19H19BrN4OS. The first-order valence-electron chi connectivity index (χ1n) is 8.08. The lowest BCUT2D eigenvalue weighted by molar-refractivity contribution is 0.414. The minimum absolute atomic E-state index is 0. The van der Waals surface area contributed by atoms with Gasteiger partial charge in [-0.3, -0.25) is 0 Å². The van der Waals surface area contributed by atoms with Crippen molar-refractivity contribution in [1.29, 1.82) is 0 Å². The van der Waals surface area contributed by atoms with E-state index in [1.165, 1.54) is 5.56 Å². The molecule has 0 saturated heterocycles. The van der Waals surface area contributed by atoms with Crippen LogP contribution in [0.1, 0.15) is 22.5 Å². The summed E-state index contributed by atoms with van der Waals surface area (Å²) in [5.41, 5.74) is 4.60. The van der Waals surface area contributed by atoms with Crippen molar-refractivity contribution in [3.05, 3.63) is 71.0 Å². The second-order valence-corrected chi connectivity index (χ2v) is 6.88. The van der Waals surface area contributed by atoms with Gasteiger partial charge in [0.25, 0.3) is 0 Å². The van der Waals surface area contributed by atoms with Gasteiger partial charge in [-0.05, 0) is 30.2 Å². The van der Waals surface area contributed by atoms with Crippen LogP contribution < -0.4 is 4.74 Å². The normalized spacial score (nSPS) is 12.8. The van der Waals surface area contributed by atoms with Crippen LogP contribution in [0.15, 0.2) is 58.8 Å². The van der Waals surface area contributed by atoms with Crippen LogP contribution in [-0.4, -0.2) is 33.4 Å². The van der Waals surface area contributed by atoms with E-state index in [2.05, 4.69) is 41.4 Å². The zero-order valence-corrected chi connectivity index (χ0v) is 17.1. The van der Waals surface area contributed by atoms with E-state index in [1.807, 2.05) is 28.9 Å². The molecule has 134 valence electrons. The Morgan fingerprint density at radius 2 is 1.77 bits per heavy atom. The predicted molar refractivity (Wildman–Crippen MR) is 110 cm³/mol. The number of ether oxygens (including phenoxy) is 1. The van der Waals surface area contributed by atoms with Crippen molar-refractivity contribution >= 4 is 34.5 Å². The Kier molecular flexibility index (Phi) is 5.78. The van der Waals surface area contributed by atoms with Crippen LogP contribution in [0, 0.1) is 6.92 Å². The Balaban J connectivity index is 0.00000196. The Hall–Kier alpha value is -2.12. The minimum Gasteiger partial charge on any atom is -0.497 e. The number of hydrogen-bond acceptors (Lipinski definition) is 5. The van der Waals surface area contributed by atoms with Gasteiger partial charge in [-0.2, -0.15) is 9.78 Å². The quantitative estimate of drug-likeness (QED) is 0.624. The molecule has 7 heteroatoms. The first kappa shape index (κ1) is 18.7. The largest absolute Gasteiger partial charge is 0.497 e. The lowest BCUT2D eigenvalue weighted by Crippen LogP contribution is -2.14. The van der Waals surface area contributed by atoms with E-state index in [1.54, 1.807) is 18.9 Å². The van der Waals surface area contributed by atoms with E-state index in [0.717, 1.165) is 39.3 Å². The van der Waals surface area contributed by atoms with Gasteiger partial charge in [-0.1, -0.05) is 53.7 Å². The molecule has 3 aromatic rings. The van der Waals surface area contributed by atoms with Gasteiger partial charge in [0.2, 0.25) is 5.16 Å². The van der Waals surface area contributed by atoms with Gasteiger partial charge in [0.15, 0.2) is 5.82 Å². The fraction of sp³-hybridized carbons (Fsp3) is 0.211. The van der Waals surface area contributed by atoms with Gasteiger partial charge >= 0.3 is 0 Å². The van der Waals surface area contributed by atoms with Crippen molar-refractivity contribution in [1.82, 2.24) is 14.9 Å². The number of halogens is 1. The molecule has 0 saturated carbocycles. The van der Waals surface area contributed by atoms with Crippen molar-refractivity contribution < 1.29 is 4.74 Å². The first-order valence-corrected chi connectivity index (χ1v) is 9.06. The third kappa shape index (κ3) is 3.83. The average molecular weight is 431 g/mol. The summed E-state index contributed by atoms with van der Waals surface area (Å²) in [5, 5.41) is 14.2. The highest BCUT2D eigenvalue weighted by Gasteiger charge is 2.19. The lowest BCUT2D eigenvalue weighted by Gasteiger charge is -2.14. The minimum atomic E-state index is 0. The van der Waals surface area contributed by atoms with E-state index < -0.39 is 0 Å². The molecule has 0 amide bonds. The molecule has 0 bridgehead atoms. The molecule has 2 heterocycles. The summed E-state index contributed by atoms with van der Waals surface area (Å²) in [7, 11) is 1.67. The third-order valence-corrected chi connectivity index (χ3v) is 5.07. The lowest BCUT2D eigenvalue weighted by atomic mass is 10.1. The maximum atomic E-state index is 5.21. The first-order chi connectivity index (χ1) is 12.2. The van der Waals surface area contributed by atoms with E-state index in [4.69, 9.17) is 9.84 Å². The van der Waals surface area contributed by atoms with Gasteiger partial charge in [0, 0.05) is 12.2 Å². The maximum Gasteiger partial charge on any atom is 0.212 e. The molecule has 5 nitrogen and oxygen atoms in total. The van der Waals surface area contributed by atoms with Crippen LogP contribution in [0.2, 0.25) is 0 Å². The number of fused-ring (bicyclic) bond motifs is 1. The molecular weight excluding hydrogens is 412 g/mol. The van der Waals surface area contributed by atoms with Crippen LogP contribution >= 0.6 is 28.7 Å². The van der Waals surface area contributed by atoms with Gasteiger partial charge in [0.05, 0.1) is 12.8 Å². The molecule has 2 aromatic carbocycles. The summed E-state index contributed by atoms with van der Waals surface area (Å²) >= 11 is 1.67. The topological polar surface area (TPSA) is 52.3 Å². The van der Waals surface area contributed by atoms with Gasteiger partial charge in [-0.15, -0.1) is 27.2 Å². The number of hydrogen-bond donors (Lipinski definition) is 0. The number of nitrogens with zero attached hydrogens (tertiary/aromatic N) is 4. The van der Waals surface area contributed by atoms with Crippen molar-refractivity contribution in [3.63, 3.8) is 0 Å². The van der Waals surface area contributed by atoms with Gasteiger partial charge < -0.3 is 4.74 Å². The van der Waals surface area contributed by atoms with E-state index in [0.29, 0.717) is 6.42 Å². The molecule has 26 heavy (non-hydrogen) atoms. The summed E-state index contributed by atoms with van der Waals surface area (Å²) in [6, 6.07) is 16.5. The molecule has 0 unspecified atom stereocenters. The molecule has 1 aromatic heterocycles. The fourth-order valence-electron chi connectivity index (χ4n) is 2.69. The number of thioether (sulfide) groups is 1. The Morgan fingerprint density at radius 1 is 1.04 bits per heavy atom. The van der Waals surface area contributed by atoms with Crippen LogP contribution in [0.25, 0.3) is 0 Å². The van der Waals surface area contributed by atoms with E-state index in [9.17, 15) is 0 Å². The summed E-state index contributed by atoms with van der Waals surface area (Å²) in [4.78, 5) is 0. The third-order valence-electron chi connectivity index (χ3n) is 4.14. The van der Waals surface area contributed by atoms with Crippen molar-refractivity contribution in [2.45, 2.75) is 18.5 Å². The molecule has 1 aliphatic rings. The van der Waals surface area contributed by atoms with Crippen LogP contribution in [0.3, 0.4) is 0 Å². The highest BCUT2D eigenvalue weighted by Crippen LogP contribution is 2.25. The van der Waals surface area contributed by atoms with Crippen molar-refractivity contribution in [3.8, 4) is 5.75 Å². The number of methoxy groups -OCH3 is 1. The van der Waals surface area contributed by atoms with Crippen LogP contribution in [0.5, 0.6) is 5.75 Å². The molecule has 0 radical (unpaired) electrons. The maximum absolute atomic E-state index is 5.21. The van der Waals surface area contributed by atoms with Crippen molar-refractivity contribution in [2.75, 3.05) is 12.9 Å². The fourth-order valence-corrected chi connectivity index (χ4v) is 3.55. The second kappa shape index (κ2) is 8.05. The molecule has 0 atom stereocenters. The summed E-state index contributed by atoms with van der Waals surface area (Å²) in [5.74, 6) is 2.50. The smallest absolute Gasteiger partial charge is 0.212 e. The van der Waals surface area contributed by atoms with Gasteiger partial charge in [0.1, 0.15) is 5.75 Å². The summed E-state index contributed by atoms with van der Waals surface area (Å²) in [6.07, 6.45) is 0.683. The summed E-state index contributed by atoms with van der Waals surface area (Å²) < 4.78 is 7.08. The Bertz CT molecular complexity index is 920. The van der Waals surface area contributed by atoms with Crippen molar-refractivity contribution in [2.24, 2.45) is 5.10 Å². The molecule has 0 spiro atoms. The molecule has 1 aliphatic heterocycles. The predicted octanol–water partition coefficient (Wildman–Crippen LogP) is 4.12. The standard InChI is InChI=1S/C19H18N4OS.BrH/c1-13-3-7-15(8-4-13)17-12-25-19-21-20-18(23(19)22-17)11-14-5-9-16(24-2)10-6-14;/h3-10H,11-12H2,1-2H3;1H. The molecule has 4 rings (SSSR count). The zero-order chi connectivity index (χ0) is 17.2. The zero-order valence-electron chi connectivity index (χ0n) is 14.5. The van der Waals surface area contributed by atoms with Gasteiger partial charge in [-0.25, -0.2) is 0 Å². The van der Waals surface area contributed by atoms with E-state index in [-0.39, 0.29) is 17.0 Å². The molecule has 0 fully saturated rings. The molecule has 0 aliphatic carbocycles. The van der Waals surface area contributed by atoms with Crippen LogP contribution in [0.4, 0.5) is 0 Å². The monoisotopic (exact) mass is 430 g/mol. The average Bonchev–Trinajstić information content (AvgIpc) is 3.05. The number of rotatable bonds is 4. The number of benzene rings is 2.